The smallest absolute Gasteiger partial charge is 0.195 e. The van der Waals surface area contributed by atoms with Gasteiger partial charge in [0.05, 0.1) is 0 Å². The molecule has 2 aromatic heterocycles. The molecule has 1 atom stereocenters. The first kappa shape index (κ1) is 10.1. The van der Waals surface area contributed by atoms with Crippen molar-refractivity contribution >= 4 is 17.4 Å². The van der Waals surface area contributed by atoms with Crippen molar-refractivity contribution in [3.8, 4) is 0 Å². The molecule has 4 nitrogen and oxygen atoms in total. The van der Waals surface area contributed by atoms with Gasteiger partial charge in [0.25, 0.3) is 0 Å². The van der Waals surface area contributed by atoms with Gasteiger partial charge in [-0.1, -0.05) is 17.8 Å². The molecule has 16 heavy (non-hydrogen) atoms. The molecule has 2 heterocycles. The van der Waals surface area contributed by atoms with Crippen LogP contribution in [0, 0.1) is 5.92 Å². The van der Waals surface area contributed by atoms with E-state index in [0.717, 1.165) is 22.5 Å². The Balaban J connectivity index is 1.73. The molecule has 2 N–H and O–H groups in total. The number of nitrogens with two attached hydrogens (primary N) is 1. The first-order valence-electron chi connectivity index (χ1n) is 5.53. The lowest BCUT2D eigenvalue weighted by atomic mass is 10.2. The maximum atomic E-state index is 6.06. The van der Waals surface area contributed by atoms with Crippen LogP contribution >= 0.6 is 11.8 Å². The average Bonchev–Trinajstić information content (AvgIpc) is 3.08. The minimum Gasteiger partial charge on any atom is -0.327 e. The number of fused-ring (bicyclic) bond motifs is 1. The molecule has 1 fully saturated rings. The Morgan fingerprint density at radius 2 is 2.31 bits per heavy atom. The van der Waals surface area contributed by atoms with Crippen molar-refractivity contribution < 1.29 is 0 Å². The van der Waals surface area contributed by atoms with Gasteiger partial charge in [0, 0.05) is 18.0 Å². The molecule has 0 amide bonds. The maximum absolute atomic E-state index is 6.06. The van der Waals surface area contributed by atoms with E-state index in [4.69, 9.17) is 5.73 Å². The van der Waals surface area contributed by atoms with E-state index in [-0.39, 0.29) is 0 Å². The second-order valence-electron chi connectivity index (χ2n) is 4.22. The fraction of sp³-hybridized carbons (Fsp3) is 0.455. The molecule has 1 unspecified atom stereocenters. The highest BCUT2D eigenvalue weighted by Gasteiger charge is 2.28. The largest absolute Gasteiger partial charge is 0.327 e. The first-order chi connectivity index (χ1) is 7.84. The SMILES string of the molecule is NC(CSc1nnc2ccccn12)C1CC1. The van der Waals surface area contributed by atoms with E-state index in [9.17, 15) is 0 Å². The zero-order chi connectivity index (χ0) is 11.0. The van der Waals surface area contributed by atoms with Gasteiger partial charge >= 0.3 is 0 Å². The molecular formula is C11H14N4S. The van der Waals surface area contributed by atoms with Gasteiger partial charge in [-0.15, -0.1) is 10.2 Å². The molecule has 0 bridgehead atoms. The summed E-state index contributed by atoms with van der Waals surface area (Å²) in [6.45, 7) is 0. The van der Waals surface area contributed by atoms with E-state index < -0.39 is 0 Å². The standard InChI is InChI=1S/C11H14N4S/c12-9(8-4-5-8)7-16-11-14-13-10-3-1-2-6-15(10)11/h1-3,6,8-9H,4-5,7,12H2. The molecular weight excluding hydrogens is 220 g/mol. The molecule has 1 aliphatic rings. The minimum atomic E-state index is 0.307. The fourth-order valence-electron chi connectivity index (χ4n) is 1.75. The van der Waals surface area contributed by atoms with Gasteiger partial charge in [-0.2, -0.15) is 0 Å². The fourth-order valence-corrected chi connectivity index (χ4v) is 2.75. The topological polar surface area (TPSA) is 56.2 Å². The highest BCUT2D eigenvalue weighted by atomic mass is 32.2. The lowest BCUT2D eigenvalue weighted by Gasteiger charge is -2.07. The van der Waals surface area contributed by atoms with E-state index in [1.807, 2.05) is 28.8 Å². The van der Waals surface area contributed by atoms with Crippen LogP contribution in [-0.2, 0) is 0 Å². The van der Waals surface area contributed by atoms with Gasteiger partial charge in [0.15, 0.2) is 10.8 Å². The summed E-state index contributed by atoms with van der Waals surface area (Å²) in [6.07, 6.45) is 4.57. The number of rotatable bonds is 4. The van der Waals surface area contributed by atoms with Crippen LogP contribution < -0.4 is 5.73 Å². The Morgan fingerprint density at radius 3 is 3.12 bits per heavy atom. The van der Waals surface area contributed by atoms with Crippen molar-refractivity contribution in [3.63, 3.8) is 0 Å². The van der Waals surface area contributed by atoms with E-state index >= 15 is 0 Å². The third kappa shape index (κ3) is 1.92. The molecule has 1 saturated carbocycles. The van der Waals surface area contributed by atoms with E-state index in [2.05, 4.69) is 10.2 Å². The maximum Gasteiger partial charge on any atom is 0.195 e. The average molecular weight is 234 g/mol. The van der Waals surface area contributed by atoms with Crippen LogP contribution in [0.3, 0.4) is 0 Å². The second kappa shape index (κ2) is 4.07. The predicted octanol–water partition coefficient (Wildman–Crippen LogP) is 1.56. The number of hydrogen-bond donors (Lipinski definition) is 1. The zero-order valence-corrected chi connectivity index (χ0v) is 9.73. The summed E-state index contributed by atoms with van der Waals surface area (Å²) in [7, 11) is 0. The monoisotopic (exact) mass is 234 g/mol. The molecule has 0 saturated heterocycles. The third-order valence-corrected chi connectivity index (χ3v) is 4.00. The highest BCUT2D eigenvalue weighted by Crippen LogP contribution is 2.33. The molecule has 3 rings (SSSR count). The Morgan fingerprint density at radius 1 is 1.44 bits per heavy atom. The Bertz CT molecular complexity index is 491. The quantitative estimate of drug-likeness (QED) is 0.816. The van der Waals surface area contributed by atoms with E-state index in [1.165, 1.54) is 12.8 Å². The van der Waals surface area contributed by atoms with Crippen LogP contribution in [0.2, 0.25) is 0 Å². The van der Waals surface area contributed by atoms with Crippen molar-refractivity contribution in [1.29, 1.82) is 0 Å². The van der Waals surface area contributed by atoms with Gasteiger partial charge in [0.1, 0.15) is 0 Å². The third-order valence-electron chi connectivity index (χ3n) is 2.91. The van der Waals surface area contributed by atoms with Gasteiger partial charge < -0.3 is 5.73 Å². The van der Waals surface area contributed by atoms with Crippen LogP contribution in [0.5, 0.6) is 0 Å². The predicted molar refractivity (Wildman–Crippen MR) is 64.4 cm³/mol. The molecule has 2 aromatic rings. The van der Waals surface area contributed by atoms with Crippen molar-refractivity contribution in [3.05, 3.63) is 24.4 Å². The summed E-state index contributed by atoms with van der Waals surface area (Å²) < 4.78 is 2.00. The highest BCUT2D eigenvalue weighted by molar-refractivity contribution is 7.99. The lowest BCUT2D eigenvalue weighted by Crippen LogP contribution is -2.25. The molecule has 0 aromatic carbocycles. The van der Waals surface area contributed by atoms with E-state index in [1.54, 1.807) is 11.8 Å². The zero-order valence-electron chi connectivity index (χ0n) is 8.91. The molecule has 0 spiro atoms. The summed E-state index contributed by atoms with van der Waals surface area (Å²) in [5.41, 5.74) is 6.95. The van der Waals surface area contributed by atoms with Crippen LogP contribution in [0.15, 0.2) is 29.6 Å². The van der Waals surface area contributed by atoms with Crippen molar-refractivity contribution in [2.24, 2.45) is 11.7 Å². The number of hydrogen-bond acceptors (Lipinski definition) is 4. The Kier molecular flexibility index (Phi) is 2.57. The van der Waals surface area contributed by atoms with Crippen LogP contribution in [0.4, 0.5) is 0 Å². The molecule has 0 radical (unpaired) electrons. The van der Waals surface area contributed by atoms with E-state index in [0.29, 0.717) is 6.04 Å². The van der Waals surface area contributed by atoms with Crippen LogP contribution in [0.25, 0.3) is 5.65 Å². The summed E-state index contributed by atoms with van der Waals surface area (Å²) in [4.78, 5) is 0. The van der Waals surface area contributed by atoms with Gasteiger partial charge in [-0.05, 0) is 30.9 Å². The van der Waals surface area contributed by atoms with Gasteiger partial charge in [-0.3, -0.25) is 4.40 Å². The van der Waals surface area contributed by atoms with Crippen LogP contribution in [-0.4, -0.2) is 26.4 Å². The van der Waals surface area contributed by atoms with Gasteiger partial charge in [-0.25, -0.2) is 0 Å². The first-order valence-corrected chi connectivity index (χ1v) is 6.51. The number of nitrogens with zero attached hydrogens (tertiary/aromatic N) is 3. The summed E-state index contributed by atoms with van der Waals surface area (Å²) in [6, 6.07) is 6.22. The number of aromatic nitrogens is 3. The van der Waals surface area contributed by atoms with Gasteiger partial charge in [0.2, 0.25) is 0 Å². The summed E-state index contributed by atoms with van der Waals surface area (Å²) in [5, 5.41) is 9.21. The van der Waals surface area contributed by atoms with Crippen molar-refractivity contribution in [2.45, 2.75) is 24.0 Å². The van der Waals surface area contributed by atoms with Crippen molar-refractivity contribution in [1.82, 2.24) is 14.6 Å². The molecule has 84 valence electrons. The minimum absolute atomic E-state index is 0.307. The van der Waals surface area contributed by atoms with Crippen molar-refractivity contribution in [2.75, 3.05) is 5.75 Å². The summed E-state index contributed by atoms with van der Waals surface area (Å²) >= 11 is 1.70. The Hall–Kier alpha value is -1.07. The number of pyridine rings is 1. The summed E-state index contributed by atoms with van der Waals surface area (Å²) in [5.74, 6) is 1.67. The second-order valence-corrected chi connectivity index (χ2v) is 5.21. The Labute approximate surface area is 98.2 Å². The molecule has 5 heteroatoms. The van der Waals surface area contributed by atoms with Crippen LogP contribution in [0.1, 0.15) is 12.8 Å². The molecule has 1 aliphatic carbocycles. The lowest BCUT2D eigenvalue weighted by molar-refractivity contribution is 0.658. The number of thioether (sulfide) groups is 1. The molecule has 0 aliphatic heterocycles. The normalized spacial score (nSPS) is 17.8.